The largest absolute Gasteiger partial charge is 0.417 e. The smallest absolute Gasteiger partial charge is 0.387 e. The van der Waals surface area contributed by atoms with Crippen LogP contribution in [0.1, 0.15) is 61.8 Å². The summed E-state index contributed by atoms with van der Waals surface area (Å²) < 4.78 is 40.1. The van der Waals surface area contributed by atoms with Gasteiger partial charge in [-0.3, -0.25) is 4.79 Å². The summed E-state index contributed by atoms with van der Waals surface area (Å²) in [6.45, 7) is 6.73. The van der Waals surface area contributed by atoms with Gasteiger partial charge in [0.15, 0.2) is 11.6 Å². The molecule has 1 unspecified atom stereocenters. The van der Waals surface area contributed by atoms with Crippen molar-refractivity contribution in [2.45, 2.75) is 52.3 Å². The Morgan fingerprint density at radius 1 is 1.23 bits per heavy atom. The van der Waals surface area contributed by atoms with Crippen molar-refractivity contribution < 1.29 is 18.0 Å². The second-order valence-corrected chi connectivity index (χ2v) is 9.46. The molecule has 35 heavy (non-hydrogen) atoms. The lowest BCUT2D eigenvalue weighted by Gasteiger charge is -2.34. The normalized spacial score (nSPS) is 22.0. The van der Waals surface area contributed by atoms with Crippen LogP contribution in [0.2, 0.25) is 5.02 Å². The number of piperidine rings is 1. The maximum atomic E-state index is 13.4. The molecule has 0 radical (unpaired) electrons. The minimum Gasteiger partial charge on any atom is -0.387 e. The van der Waals surface area contributed by atoms with E-state index < -0.39 is 22.5 Å². The van der Waals surface area contributed by atoms with Crippen molar-refractivity contribution in [3.05, 3.63) is 64.2 Å². The van der Waals surface area contributed by atoms with Crippen molar-refractivity contribution in [2.24, 2.45) is 22.6 Å². The fourth-order valence-electron chi connectivity index (χ4n) is 4.37. The van der Waals surface area contributed by atoms with Crippen LogP contribution in [-0.4, -0.2) is 34.2 Å². The number of nitrogens with zero attached hydrogens (tertiary/aromatic N) is 3. The third-order valence-corrected chi connectivity index (χ3v) is 6.44. The van der Waals surface area contributed by atoms with Gasteiger partial charge in [-0.2, -0.15) is 13.2 Å². The number of amidine groups is 1. The Hall–Kier alpha value is -2.78. The van der Waals surface area contributed by atoms with Gasteiger partial charge in [-0.05, 0) is 61.9 Å². The Labute approximate surface area is 207 Å². The van der Waals surface area contributed by atoms with Crippen LogP contribution in [0.3, 0.4) is 0 Å². The zero-order chi connectivity index (χ0) is 25.8. The van der Waals surface area contributed by atoms with E-state index >= 15 is 0 Å². The average Bonchev–Trinajstić information content (AvgIpc) is 2.78. The van der Waals surface area contributed by atoms with E-state index in [-0.39, 0.29) is 29.7 Å². The molecule has 1 fully saturated rings. The summed E-state index contributed by atoms with van der Waals surface area (Å²) in [5, 5.41) is 2.91. The monoisotopic (exact) mass is 507 g/mol. The molecule has 3 atom stereocenters. The summed E-state index contributed by atoms with van der Waals surface area (Å²) >= 11 is 6.04. The number of rotatable bonds is 7. The highest BCUT2D eigenvalue weighted by atomic mass is 35.5. The van der Waals surface area contributed by atoms with Crippen LogP contribution in [0.5, 0.6) is 0 Å². The highest BCUT2D eigenvalue weighted by Gasteiger charge is 2.35. The van der Waals surface area contributed by atoms with Gasteiger partial charge in [0.05, 0.1) is 16.4 Å². The number of Topliss-reactive ketones (excluding diaryl/α,β-unsaturated/α-hetero) is 1. The molecule has 10 heteroatoms. The summed E-state index contributed by atoms with van der Waals surface area (Å²) in [7, 11) is 0. The number of alkyl halides is 3. The summed E-state index contributed by atoms with van der Waals surface area (Å²) in [6, 6.07) is 5.03. The molecule has 3 rings (SSSR count). The number of hydrogen-bond acceptors (Lipinski definition) is 5. The minimum atomic E-state index is -4.67. The second-order valence-electron chi connectivity index (χ2n) is 9.08. The van der Waals surface area contributed by atoms with Gasteiger partial charge in [-0.25, -0.2) is 15.0 Å². The van der Waals surface area contributed by atoms with Crippen molar-refractivity contribution in [3.63, 3.8) is 0 Å². The predicted octanol–water partition coefficient (Wildman–Crippen LogP) is 5.53. The molecule has 0 saturated carbocycles. The van der Waals surface area contributed by atoms with Crippen molar-refractivity contribution in [1.82, 2.24) is 15.3 Å². The first-order valence-corrected chi connectivity index (χ1v) is 11.8. The molecule has 6 nitrogen and oxygen atoms in total. The van der Waals surface area contributed by atoms with E-state index in [9.17, 15) is 18.0 Å². The first-order chi connectivity index (χ1) is 16.5. The Morgan fingerprint density at radius 3 is 2.51 bits per heavy atom. The zero-order valence-corrected chi connectivity index (χ0v) is 20.6. The quantitative estimate of drug-likeness (QED) is 0.292. The summed E-state index contributed by atoms with van der Waals surface area (Å²) in [5.74, 6) is 0.799. The second kappa shape index (κ2) is 11.3. The number of carbonyl (C=O) groups excluding carboxylic acids is 1. The number of carbonyl (C=O) groups is 1. The third-order valence-electron chi connectivity index (χ3n) is 6.03. The lowest BCUT2D eigenvalue weighted by atomic mass is 9.82. The lowest BCUT2D eigenvalue weighted by molar-refractivity contribution is -0.137. The number of aromatic nitrogens is 2. The number of halogens is 4. The summed E-state index contributed by atoms with van der Waals surface area (Å²) in [5.41, 5.74) is 5.58. The molecule has 188 valence electrons. The molecule has 0 bridgehead atoms. The van der Waals surface area contributed by atoms with Crippen LogP contribution in [0, 0.1) is 11.8 Å². The maximum absolute atomic E-state index is 13.4. The van der Waals surface area contributed by atoms with Gasteiger partial charge in [0, 0.05) is 30.4 Å². The van der Waals surface area contributed by atoms with E-state index in [0.717, 1.165) is 19.0 Å². The Kier molecular flexibility index (Phi) is 8.66. The fraction of sp³-hybridized carbons (Fsp3) is 0.440. The number of hydrogen-bond donors (Lipinski definition) is 2. The molecule has 1 saturated heterocycles. The first kappa shape index (κ1) is 26.8. The van der Waals surface area contributed by atoms with E-state index in [1.54, 1.807) is 25.4 Å². The van der Waals surface area contributed by atoms with Crippen molar-refractivity contribution in [1.29, 1.82) is 0 Å². The van der Waals surface area contributed by atoms with E-state index in [4.69, 9.17) is 17.3 Å². The first-order valence-electron chi connectivity index (χ1n) is 11.4. The summed E-state index contributed by atoms with van der Waals surface area (Å²) in [6.07, 6.45) is -0.332. The van der Waals surface area contributed by atoms with Gasteiger partial charge in [0.2, 0.25) is 0 Å². The predicted molar refractivity (Wildman–Crippen MR) is 131 cm³/mol. The Morgan fingerprint density at radius 2 is 1.91 bits per heavy atom. The van der Waals surface area contributed by atoms with Crippen LogP contribution < -0.4 is 11.1 Å². The number of nitrogens with one attached hydrogen (secondary N) is 1. The highest BCUT2D eigenvalue weighted by molar-refractivity contribution is 6.34. The molecule has 2 heterocycles. The van der Waals surface area contributed by atoms with Gasteiger partial charge in [-0.1, -0.05) is 31.5 Å². The molecular weight excluding hydrogens is 479 g/mol. The van der Waals surface area contributed by atoms with E-state index in [2.05, 4.69) is 34.1 Å². The number of benzene rings is 1. The van der Waals surface area contributed by atoms with Gasteiger partial charge >= 0.3 is 6.18 Å². The maximum Gasteiger partial charge on any atom is 0.417 e. The molecular formula is C25H29ClF3N5O. The van der Waals surface area contributed by atoms with Gasteiger partial charge in [0.1, 0.15) is 5.70 Å². The van der Waals surface area contributed by atoms with Crippen LogP contribution in [-0.2, 0) is 6.18 Å². The lowest BCUT2D eigenvalue weighted by Crippen LogP contribution is -2.44. The molecule has 2 aromatic rings. The van der Waals surface area contributed by atoms with Crippen LogP contribution >= 0.6 is 11.6 Å². The number of ketones is 1. The Bertz CT molecular complexity index is 1110. The highest BCUT2D eigenvalue weighted by Crippen LogP contribution is 2.37. The Balaban J connectivity index is 2.07. The number of aliphatic imine (C=N–C) groups is 1. The van der Waals surface area contributed by atoms with Crippen molar-refractivity contribution in [3.8, 4) is 0 Å². The van der Waals surface area contributed by atoms with E-state index in [0.29, 0.717) is 29.5 Å². The molecule has 0 aliphatic carbocycles. The molecule has 1 aromatic carbocycles. The van der Waals surface area contributed by atoms with E-state index in [1.165, 1.54) is 12.1 Å². The third kappa shape index (κ3) is 6.89. The van der Waals surface area contributed by atoms with E-state index in [1.807, 2.05) is 0 Å². The SMILES string of the molecule is CC(N)=N/C(=C(\CC(=O)c1cccc(C(F)(F)F)c1Cl)C[C@@H]1NC[C@H](C)CC1C)c1ncccn1. The zero-order valence-electron chi connectivity index (χ0n) is 19.9. The fourth-order valence-corrected chi connectivity index (χ4v) is 4.71. The molecule has 1 aliphatic heterocycles. The topological polar surface area (TPSA) is 93.3 Å². The molecule has 0 amide bonds. The molecule has 1 aliphatic rings. The molecule has 1 aromatic heterocycles. The number of nitrogens with two attached hydrogens (primary N) is 1. The average molecular weight is 508 g/mol. The van der Waals surface area contributed by atoms with Crippen LogP contribution in [0.4, 0.5) is 13.2 Å². The van der Waals surface area contributed by atoms with Crippen LogP contribution in [0.15, 0.2) is 47.2 Å². The molecule has 0 spiro atoms. The van der Waals surface area contributed by atoms with Crippen LogP contribution in [0.25, 0.3) is 5.70 Å². The standard InChI is InChI=1S/C25H29ClF3N5O/c1-14-10-15(2)20(33-13-14)11-17(23(34-16(3)30)24-31-8-5-9-32-24)12-21(35)18-6-4-7-19(22(18)26)25(27,28)29/h4-9,14-15,20,33H,10-13H2,1-3H3,(H2,30,34)/b23-17-/t14-,15?,20+/m1/s1. The van der Waals surface area contributed by atoms with Crippen molar-refractivity contribution >= 4 is 28.9 Å². The molecule has 3 N–H and O–H groups in total. The van der Waals surface area contributed by atoms with Gasteiger partial charge in [0.25, 0.3) is 0 Å². The van der Waals surface area contributed by atoms with Gasteiger partial charge in [-0.15, -0.1) is 0 Å². The minimum absolute atomic E-state index is 0.0398. The summed E-state index contributed by atoms with van der Waals surface area (Å²) in [4.78, 5) is 26.3. The van der Waals surface area contributed by atoms with Crippen molar-refractivity contribution in [2.75, 3.05) is 6.54 Å². The van der Waals surface area contributed by atoms with Gasteiger partial charge < -0.3 is 11.1 Å².